The molecule has 3 unspecified atom stereocenters. The summed E-state index contributed by atoms with van der Waals surface area (Å²) < 4.78 is 10.6. The van der Waals surface area contributed by atoms with Crippen LogP contribution in [-0.2, 0) is 9.47 Å². The molecule has 0 aromatic heterocycles. The van der Waals surface area contributed by atoms with Gasteiger partial charge in [0.2, 0.25) is 0 Å². The van der Waals surface area contributed by atoms with E-state index in [1.54, 1.807) is 0 Å². The molecule has 1 heterocycles. The number of hydrogen-bond donors (Lipinski definition) is 0. The Hall–Kier alpha value is -0.500. The van der Waals surface area contributed by atoms with Gasteiger partial charge in [0.25, 0.3) is 0 Å². The van der Waals surface area contributed by atoms with Gasteiger partial charge in [-0.1, -0.05) is 6.58 Å². The third-order valence-electron chi connectivity index (χ3n) is 2.56. The lowest BCUT2D eigenvalue weighted by molar-refractivity contribution is 0.172. The van der Waals surface area contributed by atoms with Gasteiger partial charge in [0.1, 0.15) is 0 Å². The Morgan fingerprint density at radius 1 is 1.45 bits per heavy atom. The quantitative estimate of drug-likeness (QED) is 0.456. The van der Waals surface area contributed by atoms with Gasteiger partial charge in [-0.25, -0.2) is 0 Å². The van der Waals surface area contributed by atoms with E-state index >= 15 is 0 Å². The van der Waals surface area contributed by atoms with Crippen molar-refractivity contribution in [2.75, 3.05) is 6.61 Å². The van der Waals surface area contributed by atoms with Gasteiger partial charge in [0.05, 0.1) is 25.1 Å². The van der Waals surface area contributed by atoms with Gasteiger partial charge in [-0.3, -0.25) is 0 Å². The first-order valence-electron chi connectivity index (χ1n) is 4.28. The average Bonchev–Trinajstić information content (AvgIpc) is 2.78. The summed E-state index contributed by atoms with van der Waals surface area (Å²) in [5.74, 6) is 0.705. The predicted molar refractivity (Wildman–Crippen MR) is 42.2 cm³/mol. The first-order valence-corrected chi connectivity index (χ1v) is 4.28. The number of hydrogen-bond acceptors (Lipinski definition) is 2. The molecule has 0 amide bonds. The van der Waals surface area contributed by atoms with Crippen molar-refractivity contribution in [1.82, 2.24) is 0 Å². The number of fused-ring (bicyclic) bond motifs is 1. The van der Waals surface area contributed by atoms with E-state index in [-0.39, 0.29) is 0 Å². The fourth-order valence-corrected chi connectivity index (χ4v) is 1.84. The fourth-order valence-electron chi connectivity index (χ4n) is 1.84. The average molecular weight is 154 g/mol. The normalized spacial score (nSPS) is 40.9. The van der Waals surface area contributed by atoms with Gasteiger partial charge in [0.15, 0.2) is 0 Å². The van der Waals surface area contributed by atoms with Crippen molar-refractivity contribution >= 4 is 0 Å². The van der Waals surface area contributed by atoms with Crippen molar-refractivity contribution in [3.05, 3.63) is 12.8 Å². The second kappa shape index (κ2) is 2.86. The van der Waals surface area contributed by atoms with Crippen LogP contribution in [0.2, 0.25) is 0 Å². The van der Waals surface area contributed by atoms with Gasteiger partial charge < -0.3 is 9.47 Å². The molecule has 2 rings (SSSR count). The first-order chi connectivity index (χ1) is 5.40. The Morgan fingerprint density at radius 3 is 3.09 bits per heavy atom. The monoisotopic (exact) mass is 154 g/mol. The molecule has 1 saturated heterocycles. The lowest BCUT2D eigenvalue weighted by Gasteiger charge is -2.17. The van der Waals surface area contributed by atoms with E-state index in [9.17, 15) is 0 Å². The van der Waals surface area contributed by atoms with Crippen LogP contribution in [0.5, 0.6) is 0 Å². The zero-order valence-corrected chi connectivity index (χ0v) is 6.66. The molecule has 3 atom stereocenters. The summed E-state index contributed by atoms with van der Waals surface area (Å²) >= 11 is 0. The van der Waals surface area contributed by atoms with Crippen molar-refractivity contribution in [3.63, 3.8) is 0 Å². The lowest BCUT2D eigenvalue weighted by atomic mass is 9.90. The molecule has 2 nitrogen and oxygen atoms in total. The Balaban J connectivity index is 1.72. The van der Waals surface area contributed by atoms with Gasteiger partial charge in [-0.05, 0) is 25.2 Å². The summed E-state index contributed by atoms with van der Waals surface area (Å²) in [6.45, 7) is 4.35. The molecule has 0 radical (unpaired) electrons. The van der Waals surface area contributed by atoms with Crippen molar-refractivity contribution in [3.8, 4) is 0 Å². The summed E-state index contributed by atoms with van der Waals surface area (Å²) in [5.41, 5.74) is 0. The van der Waals surface area contributed by atoms with E-state index in [2.05, 4.69) is 6.58 Å². The second-order valence-electron chi connectivity index (χ2n) is 3.39. The second-order valence-corrected chi connectivity index (χ2v) is 3.39. The zero-order chi connectivity index (χ0) is 7.68. The fraction of sp³-hybridized carbons (Fsp3) is 0.778. The summed E-state index contributed by atoms with van der Waals surface area (Å²) in [7, 11) is 0. The molecule has 1 aliphatic carbocycles. The standard InChI is InChI=1S/C9H14O2/c1-2-10-6-7-3-4-8-9(5-7)11-8/h2,7-9H,1,3-6H2. The number of rotatable bonds is 3. The molecule has 62 valence electrons. The van der Waals surface area contributed by atoms with E-state index in [0.717, 1.165) is 6.61 Å². The van der Waals surface area contributed by atoms with Crippen LogP contribution in [0.3, 0.4) is 0 Å². The largest absolute Gasteiger partial charge is 0.502 e. The summed E-state index contributed by atoms with van der Waals surface area (Å²) in [4.78, 5) is 0. The first kappa shape index (κ1) is 7.17. The third kappa shape index (κ3) is 1.56. The SMILES string of the molecule is C=COCC1CCC2OC2C1. The molecule has 1 aliphatic heterocycles. The zero-order valence-electron chi connectivity index (χ0n) is 6.66. The Labute approximate surface area is 67.2 Å². The van der Waals surface area contributed by atoms with Crippen molar-refractivity contribution in [1.29, 1.82) is 0 Å². The molecular formula is C9H14O2. The highest BCUT2D eigenvalue weighted by Gasteiger charge is 2.43. The molecule has 1 saturated carbocycles. The molecule has 2 heteroatoms. The summed E-state index contributed by atoms with van der Waals surface area (Å²) in [5, 5.41) is 0. The maximum absolute atomic E-state index is 5.41. The minimum absolute atomic E-state index is 0.571. The van der Waals surface area contributed by atoms with Crippen LogP contribution in [0.4, 0.5) is 0 Å². The summed E-state index contributed by atoms with van der Waals surface area (Å²) in [6, 6.07) is 0. The molecule has 0 spiro atoms. The molecular weight excluding hydrogens is 140 g/mol. The highest BCUT2D eigenvalue weighted by Crippen LogP contribution is 2.39. The topological polar surface area (TPSA) is 21.8 Å². The molecule has 2 aliphatic rings. The van der Waals surface area contributed by atoms with Crippen LogP contribution in [0.15, 0.2) is 12.8 Å². The minimum atomic E-state index is 0.571. The molecule has 0 aromatic rings. The Morgan fingerprint density at radius 2 is 2.36 bits per heavy atom. The van der Waals surface area contributed by atoms with E-state index < -0.39 is 0 Å². The van der Waals surface area contributed by atoms with Gasteiger partial charge >= 0.3 is 0 Å². The lowest BCUT2D eigenvalue weighted by Crippen LogP contribution is -2.17. The van der Waals surface area contributed by atoms with Crippen molar-refractivity contribution in [2.45, 2.75) is 31.5 Å². The van der Waals surface area contributed by atoms with E-state index in [0.29, 0.717) is 18.1 Å². The van der Waals surface area contributed by atoms with Gasteiger partial charge in [-0.2, -0.15) is 0 Å². The van der Waals surface area contributed by atoms with Crippen molar-refractivity contribution in [2.24, 2.45) is 5.92 Å². The predicted octanol–water partition coefficient (Wildman–Crippen LogP) is 1.71. The van der Waals surface area contributed by atoms with E-state index in [1.165, 1.54) is 25.5 Å². The smallest absolute Gasteiger partial charge is 0.0902 e. The van der Waals surface area contributed by atoms with E-state index in [4.69, 9.17) is 9.47 Å². The Kier molecular flexibility index (Phi) is 1.86. The van der Waals surface area contributed by atoms with Gasteiger partial charge in [-0.15, -0.1) is 0 Å². The highest BCUT2D eigenvalue weighted by molar-refractivity contribution is 4.91. The Bertz CT molecular complexity index is 156. The molecule has 2 fully saturated rings. The highest BCUT2D eigenvalue weighted by atomic mass is 16.6. The number of epoxide rings is 1. The molecule has 0 N–H and O–H groups in total. The van der Waals surface area contributed by atoms with E-state index in [1.807, 2.05) is 0 Å². The van der Waals surface area contributed by atoms with Crippen molar-refractivity contribution < 1.29 is 9.47 Å². The van der Waals surface area contributed by atoms with Crippen LogP contribution >= 0.6 is 0 Å². The maximum Gasteiger partial charge on any atom is 0.0902 e. The maximum atomic E-state index is 5.41. The minimum Gasteiger partial charge on any atom is -0.502 e. The number of ether oxygens (including phenoxy) is 2. The van der Waals surface area contributed by atoms with Crippen LogP contribution in [0, 0.1) is 5.92 Å². The van der Waals surface area contributed by atoms with Crippen LogP contribution in [0.1, 0.15) is 19.3 Å². The van der Waals surface area contributed by atoms with Crippen LogP contribution in [0.25, 0.3) is 0 Å². The molecule has 0 bridgehead atoms. The van der Waals surface area contributed by atoms with Crippen LogP contribution < -0.4 is 0 Å². The van der Waals surface area contributed by atoms with Crippen LogP contribution in [-0.4, -0.2) is 18.8 Å². The van der Waals surface area contributed by atoms with Gasteiger partial charge in [0, 0.05) is 0 Å². The third-order valence-corrected chi connectivity index (χ3v) is 2.56. The molecule has 0 aromatic carbocycles. The summed E-state index contributed by atoms with van der Waals surface area (Å²) in [6.07, 6.45) is 6.39. The molecule has 11 heavy (non-hydrogen) atoms.